The van der Waals surface area contributed by atoms with Gasteiger partial charge in [-0.05, 0) is 44.5 Å². The minimum Gasteiger partial charge on any atom is -0.309 e. The summed E-state index contributed by atoms with van der Waals surface area (Å²) < 4.78 is 2.25. The van der Waals surface area contributed by atoms with Gasteiger partial charge in [-0.2, -0.15) is 0 Å². The Hall–Kier alpha value is -3.20. The molecule has 0 bridgehead atoms. The Morgan fingerprint density at radius 1 is 1.19 bits per heavy atom. The van der Waals surface area contributed by atoms with Crippen molar-refractivity contribution in [3.05, 3.63) is 64.2 Å². The van der Waals surface area contributed by atoms with Gasteiger partial charge in [0.25, 0.3) is 0 Å². The smallest absolute Gasteiger partial charge is 0.156 e. The van der Waals surface area contributed by atoms with Gasteiger partial charge < -0.3 is 15.7 Å². The number of imidazole rings is 1. The highest BCUT2D eigenvalue weighted by molar-refractivity contribution is 6.33. The zero-order valence-corrected chi connectivity index (χ0v) is 21.5. The summed E-state index contributed by atoms with van der Waals surface area (Å²) in [6.07, 6.45) is 10.3. The van der Waals surface area contributed by atoms with E-state index >= 15 is 0 Å². The lowest BCUT2D eigenvalue weighted by Crippen LogP contribution is -2.44. The van der Waals surface area contributed by atoms with Crippen molar-refractivity contribution in [1.82, 2.24) is 24.2 Å². The van der Waals surface area contributed by atoms with E-state index in [9.17, 15) is 4.79 Å². The number of benzene rings is 1. The van der Waals surface area contributed by atoms with E-state index in [4.69, 9.17) is 27.4 Å². The maximum Gasteiger partial charge on any atom is 0.156 e. The molecule has 8 nitrogen and oxygen atoms in total. The number of allylic oxidation sites excluding steroid dienone is 2. The van der Waals surface area contributed by atoms with Gasteiger partial charge in [-0.25, -0.2) is 4.98 Å². The topological polar surface area (TPSA) is 101 Å². The first-order valence-electron chi connectivity index (χ1n) is 12.1. The maximum atomic E-state index is 9.80. The number of nitrogens with one attached hydrogen (secondary N) is 2. The predicted octanol–water partition coefficient (Wildman–Crippen LogP) is 4.39. The molecule has 3 aromatic rings. The number of carbonyl (C=O) groups is 1. The van der Waals surface area contributed by atoms with Gasteiger partial charge in [0.05, 0.1) is 28.3 Å². The van der Waals surface area contributed by atoms with Crippen molar-refractivity contribution in [2.24, 2.45) is 0 Å². The van der Waals surface area contributed by atoms with Crippen molar-refractivity contribution in [3.63, 3.8) is 0 Å². The van der Waals surface area contributed by atoms with E-state index in [2.05, 4.69) is 51.5 Å². The predicted molar refractivity (Wildman–Crippen MR) is 145 cm³/mol. The third-order valence-corrected chi connectivity index (χ3v) is 6.86. The molecule has 1 aliphatic heterocycles. The van der Waals surface area contributed by atoms with Crippen LogP contribution in [0.5, 0.6) is 0 Å². The van der Waals surface area contributed by atoms with E-state index in [1.807, 2.05) is 12.3 Å². The molecule has 1 aliphatic carbocycles. The fourth-order valence-corrected chi connectivity index (χ4v) is 4.55. The average Bonchev–Trinajstić information content (AvgIpc) is 3.67. The second kappa shape index (κ2) is 11.7. The zero-order valence-electron chi connectivity index (χ0n) is 20.7. The monoisotopic (exact) mass is 505 g/mol. The number of nitrogens with zero attached hydrogens (tertiary/aromatic N) is 5. The first-order chi connectivity index (χ1) is 17.4. The molecule has 2 aromatic heterocycles. The molecule has 2 fully saturated rings. The van der Waals surface area contributed by atoms with Gasteiger partial charge in [0.1, 0.15) is 0 Å². The van der Waals surface area contributed by atoms with E-state index in [1.54, 1.807) is 0 Å². The summed E-state index contributed by atoms with van der Waals surface area (Å²) in [7, 11) is 2.19. The number of aromatic nitrogens is 3. The van der Waals surface area contributed by atoms with Crippen molar-refractivity contribution >= 4 is 36.0 Å². The Bertz CT molecular complexity index is 1280. The first kappa shape index (κ1) is 25.9. The molecule has 9 heteroatoms. The third kappa shape index (κ3) is 6.13. The minimum atomic E-state index is 0.208. The molecule has 0 spiro atoms. The Morgan fingerprint density at radius 3 is 2.53 bits per heavy atom. The molecule has 1 aromatic carbocycles. The van der Waals surface area contributed by atoms with Gasteiger partial charge in [0, 0.05) is 68.4 Å². The lowest BCUT2D eigenvalue weighted by molar-refractivity contribution is -0.104. The lowest BCUT2D eigenvalue weighted by atomic mass is 10.1. The summed E-state index contributed by atoms with van der Waals surface area (Å²) in [5.41, 5.74) is 6.67. The molecule has 0 radical (unpaired) electrons. The van der Waals surface area contributed by atoms with Gasteiger partial charge >= 0.3 is 0 Å². The van der Waals surface area contributed by atoms with Gasteiger partial charge in [0.2, 0.25) is 0 Å². The largest absolute Gasteiger partial charge is 0.309 e. The summed E-state index contributed by atoms with van der Waals surface area (Å²) in [4.78, 5) is 24.3. The van der Waals surface area contributed by atoms with Crippen molar-refractivity contribution in [1.29, 1.82) is 10.8 Å². The van der Waals surface area contributed by atoms with E-state index in [0.29, 0.717) is 12.2 Å². The summed E-state index contributed by atoms with van der Waals surface area (Å²) in [6, 6.07) is 6.23. The van der Waals surface area contributed by atoms with Gasteiger partial charge in [-0.1, -0.05) is 23.7 Å². The van der Waals surface area contributed by atoms with Crippen molar-refractivity contribution in [2.75, 3.05) is 33.2 Å². The van der Waals surface area contributed by atoms with Gasteiger partial charge in [0.15, 0.2) is 11.9 Å². The van der Waals surface area contributed by atoms with Crippen LogP contribution in [0, 0.1) is 17.7 Å². The second-order valence-corrected chi connectivity index (χ2v) is 9.79. The number of likely N-dealkylation sites (N-methyl/N-ethyl adjacent to an activating group) is 1. The van der Waals surface area contributed by atoms with Crippen LogP contribution >= 0.6 is 11.6 Å². The van der Waals surface area contributed by atoms with E-state index < -0.39 is 0 Å². The number of rotatable bonds is 7. The van der Waals surface area contributed by atoms with Crippen LogP contribution in [0.4, 0.5) is 0 Å². The van der Waals surface area contributed by atoms with Gasteiger partial charge in [-0.3, -0.25) is 19.1 Å². The molecule has 5 rings (SSSR count). The third-order valence-electron chi connectivity index (χ3n) is 6.55. The molecular weight excluding hydrogens is 474 g/mol. The normalized spacial score (nSPS) is 16.9. The maximum absolute atomic E-state index is 9.80. The van der Waals surface area contributed by atoms with Crippen LogP contribution < -0.4 is 0 Å². The molecule has 188 valence electrons. The molecule has 0 unspecified atom stereocenters. The first-order valence-corrected chi connectivity index (χ1v) is 12.5. The highest BCUT2D eigenvalue weighted by Crippen LogP contribution is 2.39. The van der Waals surface area contributed by atoms with Crippen LogP contribution in [0.25, 0.3) is 16.9 Å². The standard InChI is InChI=1S/C22H26ClN5.C5H6N2O/c1-15-3-6-17(18(23)11-15)22-20(14-27-9-7-26(2)8-10-27)28-13-19(16-4-5-16)24-12-21(28)25-22;6-2-1-5(3-7)4-8/h3,6,11-13,16H,4-5,7-10,14H2,1-2H3;1-4,6-7H/b;5-1+,6-2?,7-3?. The van der Waals surface area contributed by atoms with E-state index in [-0.39, 0.29) is 5.57 Å². The number of hydrogen-bond donors (Lipinski definition) is 2. The summed E-state index contributed by atoms with van der Waals surface area (Å²) in [5.74, 6) is 0.620. The summed E-state index contributed by atoms with van der Waals surface area (Å²) in [5, 5.41) is 13.8. The molecule has 2 aliphatic rings. The quantitative estimate of drug-likeness (QED) is 0.281. The van der Waals surface area contributed by atoms with Crippen molar-refractivity contribution < 1.29 is 4.79 Å². The summed E-state index contributed by atoms with van der Waals surface area (Å²) in [6.45, 7) is 7.30. The van der Waals surface area contributed by atoms with Gasteiger partial charge in [-0.15, -0.1) is 0 Å². The molecule has 0 atom stereocenters. The zero-order chi connectivity index (χ0) is 25.7. The van der Waals surface area contributed by atoms with Crippen LogP contribution in [0.1, 0.15) is 35.7 Å². The molecule has 0 amide bonds. The van der Waals surface area contributed by atoms with Crippen LogP contribution in [0.3, 0.4) is 0 Å². The lowest BCUT2D eigenvalue weighted by Gasteiger charge is -2.32. The van der Waals surface area contributed by atoms with Crippen molar-refractivity contribution in [2.45, 2.75) is 32.2 Å². The number of hydrogen-bond acceptors (Lipinski definition) is 7. The fraction of sp³-hybridized carbons (Fsp3) is 0.370. The SMILES string of the molecule is Cc1ccc(-c2nc3cnc(C4CC4)cn3c2CN2CCN(C)CC2)c(Cl)c1.N=C/C=C(\C=N)C=O. The number of carbonyl (C=O) groups excluding carboxylic acids is 1. The Labute approximate surface area is 216 Å². The number of aldehydes is 1. The molecule has 1 saturated heterocycles. The van der Waals surface area contributed by atoms with Crippen LogP contribution in [-0.4, -0.2) is 76.1 Å². The Morgan fingerprint density at radius 2 is 1.94 bits per heavy atom. The Kier molecular flexibility index (Phi) is 8.40. The van der Waals surface area contributed by atoms with Crippen LogP contribution in [0.15, 0.2) is 42.2 Å². The molecule has 2 N–H and O–H groups in total. The minimum absolute atomic E-state index is 0.208. The number of aryl methyl sites for hydroxylation is 1. The second-order valence-electron chi connectivity index (χ2n) is 9.38. The Balaban J connectivity index is 0.000000331. The van der Waals surface area contributed by atoms with E-state index in [1.165, 1.54) is 30.3 Å². The molecule has 36 heavy (non-hydrogen) atoms. The number of halogens is 1. The average molecular weight is 506 g/mol. The molecule has 3 heterocycles. The molecular formula is C27H32ClN7O. The van der Waals surface area contributed by atoms with Crippen molar-refractivity contribution in [3.8, 4) is 11.3 Å². The highest BCUT2D eigenvalue weighted by Gasteiger charge is 2.27. The number of fused-ring (bicyclic) bond motifs is 1. The van der Waals surface area contributed by atoms with E-state index in [0.717, 1.165) is 72.6 Å². The highest BCUT2D eigenvalue weighted by atomic mass is 35.5. The fourth-order valence-electron chi connectivity index (χ4n) is 4.22. The summed E-state index contributed by atoms with van der Waals surface area (Å²) >= 11 is 6.63. The number of piperazine rings is 1. The van der Waals surface area contributed by atoms with Crippen LogP contribution in [0.2, 0.25) is 5.02 Å². The van der Waals surface area contributed by atoms with Crippen LogP contribution in [-0.2, 0) is 11.3 Å². The molecule has 1 saturated carbocycles.